The van der Waals surface area contributed by atoms with Gasteiger partial charge in [-0.1, -0.05) is 6.42 Å². The minimum Gasteiger partial charge on any atom is -0.335 e. The Morgan fingerprint density at radius 3 is 2.77 bits per heavy atom. The molecule has 4 fully saturated rings. The number of amides is 1. The summed E-state index contributed by atoms with van der Waals surface area (Å²) in [6.45, 7) is 4.24. The summed E-state index contributed by atoms with van der Waals surface area (Å²) in [5, 5.41) is 4.29. The molecular formula is C17H26N4O. The van der Waals surface area contributed by atoms with Gasteiger partial charge in [-0.3, -0.25) is 14.4 Å². The van der Waals surface area contributed by atoms with Crippen LogP contribution in [-0.4, -0.2) is 57.7 Å². The molecule has 5 heteroatoms. The van der Waals surface area contributed by atoms with E-state index >= 15 is 0 Å². The van der Waals surface area contributed by atoms with Crippen LogP contribution in [0.4, 0.5) is 0 Å². The quantitative estimate of drug-likeness (QED) is 0.854. The maximum atomic E-state index is 12.7. The zero-order chi connectivity index (χ0) is 15.1. The highest BCUT2D eigenvalue weighted by Crippen LogP contribution is 2.33. The first kappa shape index (κ1) is 14.2. The molecule has 1 aliphatic carbocycles. The molecule has 1 amide bonds. The van der Waals surface area contributed by atoms with Gasteiger partial charge in [-0.05, 0) is 43.6 Å². The van der Waals surface area contributed by atoms with E-state index in [2.05, 4.69) is 14.9 Å². The monoisotopic (exact) mass is 302 g/mol. The summed E-state index contributed by atoms with van der Waals surface area (Å²) in [6, 6.07) is 2.40. The number of aryl methyl sites for hydroxylation is 1. The van der Waals surface area contributed by atoms with E-state index in [1.807, 2.05) is 19.3 Å². The van der Waals surface area contributed by atoms with Crippen molar-refractivity contribution in [3.05, 3.63) is 18.0 Å². The molecule has 0 radical (unpaired) electrons. The van der Waals surface area contributed by atoms with E-state index < -0.39 is 0 Å². The highest BCUT2D eigenvalue weighted by Gasteiger charge is 2.38. The Hall–Kier alpha value is -1.36. The van der Waals surface area contributed by atoms with E-state index in [1.54, 1.807) is 4.68 Å². The SMILES string of the molecule is Cn1ccc(C(=O)N2C[C@H]3CC[C@@H](C2)N(CC2CCC2)C3)n1. The van der Waals surface area contributed by atoms with E-state index in [1.165, 1.54) is 45.2 Å². The fourth-order valence-electron chi connectivity index (χ4n) is 4.27. The number of carbonyl (C=O) groups excluding carboxylic acids is 1. The summed E-state index contributed by atoms with van der Waals surface area (Å²) >= 11 is 0. The summed E-state index contributed by atoms with van der Waals surface area (Å²) in [4.78, 5) is 17.5. The van der Waals surface area contributed by atoms with Gasteiger partial charge in [0, 0.05) is 45.5 Å². The van der Waals surface area contributed by atoms with Crippen molar-refractivity contribution in [1.82, 2.24) is 19.6 Å². The Balaban J connectivity index is 1.46. The van der Waals surface area contributed by atoms with Gasteiger partial charge < -0.3 is 4.90 Å². The summed E-state index contributed by atoms with van der Waals surface area (Å²) in [7, 11) is 1.86. The Morgan fingerprint density at radius 1 is 1.23 bits per heavy atom. The van der Waals surface area contributed by atoms with Gasteiger partial charge in [0.2, 0.25) is 0 Å². The molecule has 2 atom stereocenters. The Labute approximate surface area is 132 Å². The molecule has 0 aromatic carbocycles. The van der Waals surface area contributed by atoms with Crippen molar-refractivity contribution in [2.75, 3.05) is 26.2 Å². The van der Waals surface area contributed by atoms with Crippen LogP contribution in [0.1, 0.15) is 42.6 Å². The van der Waals surface area contributed by atoms with Crippen LogP contribution >= 0.6 is 0 Å². The number of nitrogens with zero attached hydrogens (tertiary/aromatic N) is 4. The lowest BCUT2D eigenvalue weighted by Gasteiger charge is -2.40. The third-order valence-corrected chi connectivity index (χ3v) is 5.76. The van der Waals surface area contributed by atoms with Crippen molar-refractivity contribution >= 4 is 5.91 Å². The van der Waals surface area contributed by atoms with Crippen LogP contribution in [-0.2, 0) is 7.05 Å². The number of carbonyl (C=O) groups is 1. The van der Waals surface area contributed by atoms with Crippen molar-refractivity contribution in [3.8, 4) is 0 Å². The van der Waals surface area contributed by atoms with E-state index in [0.717, 1.165) is 19.0 Å². The fourth-order valence-corrected chi connectivity index (χ4v) is 4.27. The summed E-state index contributed by atoms with van der Waals surface area (Å²) < 4.78 is 1.71. The molecule has 5 rings (SSSR count). The third kappa shape index (κ3) is 2.67. The molecule has 22 heavy (non-hydrogen) atoms. The molecule has 120 valence electrons. The van der Waals surface area contributed by atoms with Gasteiger partial charge in [0.15, 0.2) is 0 Å². The third-order valence-electron chi connectivity index (χ3n) is 5.76. The number of hydrogen-bond donors (Lipinski definition) is 0. The van der Waals surface area contributed by atoms with Gasteiger partial charge in [0.1, 0.15) is 5.69 Å². The van der Waals surface area contributed by atoms with Crippen molar-refractivity contribution in [1.29, 1.82) is 0 Å². The zero-order valence-electron chi connectivity index (χ0n) is 13.4. The van der Waals surface area contributed by atoms with Gasteiger partial charge in [-0.2, -0.15) is 5.10 Å². The molecule has 1 saturated carbocycles. The number of fused-ring (bicyclic) bond motifs is 4. The molecule has 3 saturated heterocycles. The smallest absolute Gasteiger partial charge is 0.274 e. The van der Waals surface area contributed by atoms with Crippen molar-refractivity contribution in [3.63, 3.8) is 0 Å². The van der Waals surface area contributed by atoms with Crippen LogP contribution in [0.2, 0.25) is 0 Å². The molecule has 3 aliphatic heterocycles. The second-order valence-electron chi connectivity index (χ2n) is 7.43. The lowest BCUT2D eigenvalue weighted by molar-refractivity contribution is 0.0711. The molecule has 0 N–H and O–H groups in total. The van der Waals surface area contributed by atoms with E-state index in [4.69, 9.17) is 0 Å². The number of piperidine rings is 1. The first-order valence-corrected chi connectivity index (χ1v) is 8.72. The number of hydrogen-bond acceptors (Lipinski definition) is 3. The normalized spacial score (nSPS) is 29.4. The highest BCUT2D eigenvalue weighted by atomic mass is 16.2. The van der Waals surface area contributed by atoms with Gasteiger partial charge >= 0.3 is 0 Å². The van der Waals surface area contributed by atoms with Crippen molar-refractivity contribution in [2.45, 2.75) is 38.1 Å². The fraction of sp³-hybridized carbons (Fsp3) is 0.765. The van der Waals surface area contributed by atoms with Crippen LogP contribution in [0.25, 0.3) is 0 Å². The Morgan fingerprint density at radius 2 is 2.09 bits per heavy atom. The van der Waals surface area contributed by atoms with Crippen LogP contribution in [0, 0.1) is 11.8 Å². The minimum atomic E-state index is 0.114. The summed E-state index contributed by atoms with van der Waals surface area (Å²) in [5.74, 6) is 1.67. The van der Waals surface area contributed by atoms with E-state index in [-0.39, 0.29) is 5.91 Å². The molecule has 5 nitrogen and oxygen atoms in total. The van der Waals surface area contributed by atoms with Crippen LogP contribution < -0.4 is 0 Å². The lowest BCUT2D eigenvalue weighted by atomic mass is 9.83. The van der Waals surface area contributed by atoms with Crippen molar-refractivity contribution in [2.24, 2.45) is 18.9 Å². The summed E-state index contributed by atoms with van der Waals surface area (Å²) in [6.07, 6.45) is 8.61. The standard InChI is InChI=1S/C17H26N4O/c1-19-8-7-16(18-19)17(22)21-11-14-5-6-15(12-21)20(10-14)9-13-3-2-4-13/h7-8,13-15H,2-6,9-12H2,1H3/t14-,15-/m0/s1. The van der Waals surface area contributed by atoms with Crippen LogP contribution in [0.3, 0.4) is 0 Å². The minimum absolute atomic E-state index is 0.114. The van der Waals surface area contributed by atoms with Gasteiger partial charge in [0.25, 0.3) is 5.91 Å². The van der Waals surface area contributed by atoms with Gasteiger partial charge in [-0.15, -0.1) is 0 Å². The Kier molecular flexibility index (Phi) is 3.68. The molecule has 1 aromatic heterocycles. The van der Waals surface area contributed by atoms with Crippen LogP contribution in [0.5, 0.6) is 0 Å². The molecule has 0 unspecified atom stereocenters. The predicted molar refractivity (Wildman–Crippen MR) is 84.5 cm³/mol. The maximum absolute atomic E-state index is 12.7. The van der Waals surface area contributed by atoms with Gasteiger partial charge in [0.05, 0.1) is 0 Å². The topological polar surface area (TPSA) is 41.4 Å². The molecule has 2 bridgehead atoms. The average Bonchev–Trinajstić information content (AvgIpc) is 2.70. The zero-order valence-corrected chi connectivity index (χ0v) is 13.4. The average molecular weight is 302 g/mol. The number of aromatic nitrogens is 2. The van der Waals surface area contributed by atoms with E-state index in [9.17, 15) is 4.79 Å². The maximum Gasteiger partial charge on any atom is 0.274 e. The predicted octanol–water partition coefficient (Wildman–Crippen LogP) is 1.76. The summed E-state index contributed by atoms with van der Waals surface area (Å²) in [5.41, 5.74) is 0.592. The second kappa shape index (κ2) is 5.69. The first-order chi connectivity index (χ1) is 10.7. The molecule has 4 heterocycles. The Bertz CT molecular complexity index is 551. The molecule has 1 aromatic rings. The number of rotatable bonds is 3. The molecular weight excluding hydrogens is 276 g/mol. The van der Waals surface area contributed by atoms with Crippen molar-refractivity contribution < 1.29 is 4.79 Å². The van der Waals surface area contributed by atoms with E-state index in [0.29, 0.717) is 17.7 Å². The highest BCUT2D eigenvalue weighted by molar-refractivity contribution is 5.92. The van der Waals surface area contributed by atoms with Gasteiger partial charge in [-0.25, -0.2) is 0 Å². The lowest BCUT2D eigenvalue weighted by Crippen LogP contribution is -2.47. The molecule has 4 aliphatic rings. The molecule has 0 spiro atoms. The first-order valence-electron chi connectivity index (χ1n) is 8.72. The van der Waals surface area contributed by atoms with Crippen LogP contribution in [0.15, 0.2) is 12.3 Å². The largest absolute Gasteiger partial charge is 0.335 e. The second-order valence-corrected chi connectivity index (χ2v) is 7.43.